The molecule has 1 aromatic rings. The Morgan fingerprint density at radius 2 is 1.44 bits per heavy atom. The molecule has 138 valence electrons. The van der Waals surface area contributed by atoms with E-state index in [2.05, 4.69) is 43.8 Å². The van der Waals surface area contributed by atoms with Crippen molar-refractivity contribution in [3.63, 3.8) is 0 Å². The smallest absolute Gasteiger partial charge is 0.0162 e. The highest BCUT2D eigenvalue weighted by Gasteiger charge is 2.21. The minimum atomic E-state index is 0.767. The van der Waals surface area contributed by atoms with Crippen LogP contribution in [0.3, 0.4) is 0 Å². The molecule has 0 amide bonds. The van der Waals surface area contributed by atoms with E-state index in [-0.39, 0.29) is 0 Å². The van der Waals surface area contributed by atoms with E-state index in [9.17, 15) is 0 Å². The number of aryl methyl sites for hydroxylation is 1. The van der Waals surface area contributed by atoms with Crippen molar-refractivity contribution in [2.75, 3.05) is 0 Å². The predicted molar refractivity (Wildman–Crippen MR) is 110 cm³/mol. The van der Waals surface area contributed by atoms with Crippen LogP contribution in [0.15, 0.2) is 36.9 Å². The van der Waals surface area contributed by atoms with Crippen LogP contribution in [0.25, 0.3) is 0 Å². The van der Waals surface area contributed by atoms with Crippen molar-refractivity contribution in [2.24, 2.45) is 17.8 Å². The molecule has 0 N–H and O–H groups in total. The number of benzene rings is 1. The van der Waals surface area contributed by atoms with Crippen molar-refractivity contribution < 1.29 is 0 Å². The molecule has 0 saturated heterocycles. The van der Waals surface area contributed by atoms with E-state index >= 15 is 0 Å². The molecule has 2 aliphatic carbocycles. The van der Waals surface area contributed by atoms with Crippen LogP contribution >= 0.6 is 0 Å². The highest BCUT2D eigenvalue weighted by Crippen LogP contribution is 2.37. The van der Waals surface area contributed by atoms with Gasteiger partial charge in [0.25, 0.3) is 0 Å². The molecule has 0 heterocycles. The molecule has 0 unspecified atom stereocenters. The maximum Gasteiger partial charge on any atom is -0.0162 e. The highest BCUT2D eigenvalue weighted by atomic mass is 14.3. The van der Waals surface area contributed by atoms with Gasteiger partial charge in [0.05, 0.1) is 0 Å². The minimum Gasteiger partial charge on any atom is -0.103 e. The lowest BCUT2D eigenvalue weighted by Gasteiger charge is -2.28. The fourth-order valence-electron chi connectivity index (χ4n) is 5.23. The SMILES string of the molecule is C=CC1CCC(c2ccc(CCC3CCC(CCC)CC3)cc2)CC1. The summed E-state index contributed by atoms with van der Waals surface area (Å²) in [6, 6.07) is 9.67. The van der Waals surface area contributed by atoms with Crippen LogP contribution in [0.2, 0.25) is 0 Å². The molecule has 0 spiro atoms. The molecule has 2 saturated carbocycles. The van der Waals surface area contributed by atoms with Gasteiger partial charge in [-0.1, -0.05) is 75.8 Å². The van der Waals surface area contributed by atoms with E-state index in [0.29, 0.717) is 0 Å². The van der Waals surface area contributed by atoms with Gasteiger partial charge in [-0.25, -0.2) is 0 Å². The second-order valence-corrected chi connectivity index (χ2v) is 8.80. The normalized spacial score (nSPS) is 30.1. The number of allylic oxidation sites excluding steroid dienone is 1. The molecule has 0 heteroatoms. The van der Waals surface area contributed by atoms with E-state index in [4.69, 9.17) is 0 Å². The van der Waals surface area contributed by atoms with Crippen LogP contribution in [0.1, 0.15) is 94.6 Å². The summed E-state index contributed by atoms with van der Waals surface area (Å²) in [7, 11) is 0. The van der Waals surface area contributed by atoms with Gasteiger partial charge < -0.3 is 0 Å². The van der Waals surface area contributed by atoms with Crippen molar-refractivity contribution in [3.8, 4) is 0 Å². The van der Waals surface area contributed by atoms with Gasteiger partial charge in [-0.2, -0.15) is 0 Å². The van der Waals surface area contributed by atoms with Crippen LogP contribution in [0.4, 0.5) is 0 Å². The molecular weight excluding hydrogens is 300 g/mol. The van der Waals surface area contributed by atoms with Gasteiger partial charge in [-0.3, -0.25) is 0 Å². The van der Waals surface area contributed by atoms with Crippen LogP contribution in [-0.2, 0) is 6.42 Å². The lowest BCUT2D eigenvalue weighted by atomic mass is 9.77. The predicted octanol–water partition coefficient (Wildman–Crippen LogP) is 7.69. The molecule has 0 nitrogen and oxygen atoms in total. The quantitative estimate of drug-likeness (QED) is 0.447. The first kappa shape index (κ1) is 18.7. The van der Waals surface area contributed by atoms with Gasteiger partial charge in [-0.15, -0.1) is 6.58 Å². The Labute approximate surface area is 156 Å². The van der Waals surface area contributed by atoms with Crippen molar-refractivity contribution in [2.45, 2.75) is 89.9 Å². The molecule has 0 bridgehead atoms. The van der Waals surface area contributed by atoms with E-state index in [0.717, 1.165) is 23.7 Å². The summed E-state index contributed by atoms with van der Waals surface area (Å²) in [6.45, 7) is 6.30. The molecule has 3 rings (SSSR count). The lowest BCUT2D eigenvalue weighted by Crippen LogP contribution is -2.15. The Kier molecular flexibility index (Phi) is 7.20. The maximum atomic E-state index is 3.97. The largest absolute Gasteiger partial charge is 0.103 e. The Hall–Kier alpha value is -1.04. The average Bonchev–Trinajstić information content (AvgIpc) is 2.68. The fourth-order valence-corrected chi connectivity index (χ4v) is 5.23. The summed E-state index contributed by atoms with van der Waals surface area (Å²) < 4.78 is 0. The Morgan fingerprint density at radius 3 is 2.00 bits per heavy atom. The molecule has 0 atom stereocenters. The second-order valence-electron chi connectivity index (χ2n) is 8.80. The van der Waals surface area contributed by atoms with Gasteiger partial charge in [0.1, 0.15) is 0 Å². The third-order valence-corrected chi connectivity index (χ3v) is 7.06. The Bertz CT molecular complexity index is 495. The number of hydrogen-bond donors (Lipinski definition) is 0. The Balaban J connectivity index is 1.42. The molecular formula is C25H38. The van der Waals surface area contributed by atoms with E-state index < -0.39 is 0 Å². The summed E-state index contributed by atoms with van der Waals surface area (Å²) in [4.78, 5) is 0. The van der Waals surface area contributed by atoms with Crippen LogP contribution < -0.4 is 0 Å². The molecule has 0 aromatic heterocycles. The standard InChI is InChI=1S/C25H38/c1-3-5-21-6-8-22(9-7-21)10-11-23-14-18-25(19-15-23)24-16-12-20(4-2)13-17-24/h4,14-15,18-22,24H,2-3,5-13,16-17H2,1H3. The zero-order chi connectivity index (χ0) is 17.5. The van der Waals surface area contributed by atoms with Gasteiger partial charge in [0.15, 0.2) is 0 Å². The summed E-state index contributed by atoms with van der Waals surface area (Å²) in [6.07, 6.45) is 19.0. The van der Waals surface area contributed by atoms with Gasteiger partial charge in [0, 0.05) is 0 Å². The molecule has 2 fully saturated rings. The van der Waals surface area contributed by atoms with Gasteiger partial charge in [0.2, 0.25) is 0 Å². The second kappa shape index (κ2) is 9.60. The van der Waals surface area contributed by atoms with E-state index in [1.165, 1.54) is 77.0 Å². The zero-order valence-electron chi connectivity index (χ0n) is 16.4. The molecule has 2 aliphatic rings. The first-order chi connectivity index (χ1) is 12.3. The van der Waals surface area contributed by atoms with Gasteiger partial charge in [-0.05, 0) is 73.3 Å². The van der Waals surface area contributed by atoms with Crippen molar-refractivity contribution in [1.29, 1.82) is 0 Å². The van der Waals surface area contributed by atoms with Crippen LogP contribution in [0.5, 0.6) is 0 Å². The van der Waals surface area contributed by atoms with E-state index in [1.807, 2.05) is 0 Å². The molecule has 25 heavy (non-hydrogen) atoms. The maximum absolute atomic E-state index is 3.97. The van der Waals surface area contributed by atoms with Crippen LogP contribution in [-0.4, -0.2) is 0 Å². The summed E-state index contributed by atoms with van der Waals surface area (Å²) in [5.74, 6) is 3.58. The Morgan fingerprint density at radius 1 is 0.840 bits per heavy atom. The average molecular weight is 339 g/mol. The molecule has 1 aromatic carbocycles. The topological polar surface area (TPSA) is 0 Å². The zero-order valence-corrected chi connectivity index (χ0v) is 16.4. The fraction of sp³-hybridized carbons (Fsp3) is 0.680. The van der Waals surface area contributed by atoms with Crippen molar-refractivity contribution in [3.05, 3.63) is 48.0 Å². The third-order valence-electron chi connectivity index (χ3n) is 7.06. The first-order valence-corrected chi connectivity index (χ1v) is 11.0. The van der Waals surface area contributed by atoms with Gasteiger partial charge >= 0.3 is 0 Å². The third kappa shape index (κ3) is 5.47. The molecule has 0 radical (unpaired) electrons. The van der Waals surface area contributed by atoms with Crippen LogP contribution in [0, 0.1) is 17.8 Å². The summed E-state index contributed by atoms with van der Waals surface area (Å²) in [5.41, 5.74) is 3.13. The summed E-state index contributed by atoms with van der Waals surface area (Å²) >= 11 is 0. The minimum absolute atomic E-state index is 0.767. The summed E-state index contributed by atoms with van der Waals surface area (Å²) in [5, 5.41) is 0. The highest BCUT2D eigenvalue weighted by molar-refractivity contribution is 5.26. The lowest BCUT2D eigenvalue weighted by molar-refractivity contribution is 0.252. The molecule has 0 aliphatic heterocycles. The van der Waals surface area contributed by atoms with E-state index in [1.54, 1.807) is 11.1 Å². The monoisotopic (exact) mass is 338 g/mol. The first-order valence-electron chi connectivity index (χ1n) is 11.0. The number of rotatable bonds is 7. The van der Waals surface area contributed by atoms with Crippen molar-refractivity contribution in [1.82, 2.24) is 0 Å². The van der Waals surface area contributed by atoms with Crippen molar-refractivity contribution >= 4 is 0 Å². The number of hydrogen-bond acceptors (Lipinski definition) is 0.